The van der Waals surface area contributed by atoms with Crippen molar-refractivity contribution >= 4 is 5.95 Å². The zero-order valence-corrected chi connectivity index (χ0v) is 12.4. The molecule has 0 radical (unpaired) electrons. The van der Waals surface area contributed by atoms with Gasteiger partial charge >= 0.3 is 0 Å². The zero-order chi connectivity index (χ0) is 14.2. The van der Waals surface area contributed by atoms with Crippen LogP contribution in [0.2, 0.25) is 0 Å². The van der Waals surface area contributed by atoms with Gasteiger partial charge in [0.1, 0.15) is 0 Å². The van der Waals surface area contributed by atoms with Crippen LogP contribution in [0.5, 0.6) is 5.88 Å². The van der Waals surface area contributed by atoms with Crippen LogP contribution in [-0.2, 0) is 0 Å². The van der Waals surface area contributed by atoms with E-state index in [4.69, 9.17) is 4.74 Å². The Morgan fingerprint density at radius 2 is 2.30 bits per heavy atom. The summed E-state index contributed by atoms with van der Waals surface area (Å²) in [5.74, 6) is 1.31. The summed E-state index contributed by atoms with van der Waals surface area (Å²) in [5.41, 5.74) is 2.43. The van der Waals surface area contributed by atoms with Gasteiger partial charge in [0.05, 0.1) is 6.61 Å². The maximum atomic E-state index is 5.56. The van der Waals surface area contributed by atoms with Crippen molar-refractivity contribution in [3.63, 3.8) is 0 Å². The highest BCUT2D eigenvalue weighted by molar-refractivity contribution is 5.30. The first-order valence-corrected chi connectivity index (χ1v) is 7.39. The van der Waals surface area contributed by atoms with Gasteiger partial charge in [-0.3, -0.25) is 0 Å². The highest BCUT2D eigenvalue weighted by Gasteiger charge is 2.05. The van der Waals surface area contributed by atoms with E-state index in [1.165, 1.54) is 5.57 Å². The second-order valence-corrected chi connectivity index (χ2v) is 5.01. The smallest absolute Gasteiger partial charge is 0.226 e. The van der Waals surface area contributed by atoms with E-state index in [-0.39, 0.29) is 0 Å². The molecule has 20 heavy (non-hydrogen) atoms. The van der Waals surface area contributed by atoms with Crippen molar-refractivity contribution in [2.75, 3.05) is 31.6 Å². The van der Waals surface area contributed by atoms with Gasteiger partial charge in [-0.1, -0.05) is 18.6 Å². The third-order valence-electron chi connectivity index (χ3n) is 3.17. The highest BCUT2D eigenvalue weighted by Crippen LogP contribution is 2.13. The summed E-state index contributed by atoms with van der Waals surface area (Å²) in [6.07, 6.45) is 5.44. The molecule has 0 atom stereocenters. The fourth-order valence-electron chi connectivity index (χ4n) is 2.13. The lowest BCUT2D eigenvalue weighted by Crippen LogP contribution is -2.21. The minimum Gasteiger partial charge on any atom is -0.478 e. The van der Waals surface area contributed by atoms with Crippen LogP contribution in [0.1, 0.15) is 31.9 Å². The quantitative estimate of drug-likeness (QED) is 0.748. The molecule has 1 aliphatic heterocycles. The van der Waals surface area contributed by atoms with Crippen molar-refractivity contribution < 1.29 is 4.74 Å². The predicted molar refractivity (Wildman–Crippen MR) is 81.2 cm³/mol. The Hall–Kier alpha value is -1.62. The molecule has 5 heteroatoms. The van der Waals surface area contributed by atoms with Crippen molar-refractivity contribution in [2.24, 2.45) is 0 Å². The monoisotopic (exact) mass is 276 g/mol. The number of aryl methyl sites for hydroxylation is 1. The lowest BCUT2D eigenvalue weighted by molar-refractivity contribution is 0.305. The maximum absolute atomic E-state index is 5.56. The second-order valence-electron chi connectivity index (χ2n) is 5.01. The Kier molecular flexibility index (Phi) is 5.80. The molecule has 2 rings (SSSR count). The van der Waals surface area contributed by atoms with E-state index in [2.05, 4.69) is 33.6 Å². The number of ether oxygens (including phenoxy) is 1. The summed E-state index contributed by atoms with van der Waals surface area (Å²) in [5, 5.41) is 6.61. The Morgan fingerprint density at radius 3 is 3.05 bits per heavy atom. The Balaban J connectivity index is 1.85. The third kappa shape index (κ3) is 4.81. The maximum Gasteiger partial charge on any atom is 0.226 e. The Labute approximate surface area is 120 Å². The molecule has 0 saturated carbocycles. The zero-order valence-electron chi connectivity index (χ0n) is 12.4. The lowest BCUT2D eigenvalue weighted by atomic mass is 10.1. The number of anilines is 1. The average Bonchev–Trinajstić information content (AvgIpc) is 2.46. The number of nitrogens with zero attached hydrogens (tertiary/aromatic N) is 2. The van der Waals surface area contributed by atoms with Gasteiger partial charge in [0.25, 0.3) is 0 Å². The molecule has 0 aromatic carbocycles. The van der Waals surface area contributed by atoms with Crippen LogP contribution in [0, 0.1) is 6.92 Å². The van der Waals surface area contributed by atoms with Gasteiger partial charge < -0.3 is 15.4 Å². The van der Waals surface area contributed by atoms with Gasteiger partial charge in [0.15, 0.2) is 0 Å². The molecule has 0 spiro atoms. The lowest BCUT2D eigenvalue weighted by Gasteiger charge is -2.14. The van der Waals surface area contributed by atoms with Gasteiger partial charge in [0, 0.05) is 24.8 Å². The molecule has 2 N–H and O–H groups in total. The summed E-state index contributed by atoms with van der Waals surface area (Å²) in [6.45, 7) is 7.67. The summed E-state index contributed by atoms with van der Waals surface area (Å²) in [6, 6.07) is 1.87. The van der Waals surface area contributed by atoms with E-state index in [0.29, 0.717) is 18.4 Å². The molecule has 0 unspecified atom stereocenters. The van der Waals surface area contributed by atoms with Gasteiger partial charge in [0.2, 0.25) is 11.8 Å². The van der Waals surface area contributed by atoms with Crippen LogP contribution < -0.4 is 15.4 Å². The van der Waals surface area contributed by atoms with Crippen molar-refractivity contribution in [3.05, 3.63) is 23.4 Å². The van der Waals surface area contributed by atoms with E-state index < -0.39 is 0 Å². The minimum atomic E-state index is 0.655. The van der Waals surface area contributed by atoms with Crippen LogP contribution >= 0.6 is 0 Å². The van der Waals surface area contributed by atoms with Crippen molar-refractivity contribution in [1.29, 1.82) is 0 Å². The summed E-state index contributed by atoms with van der Waals surface area (Å²) in [4.78, 5) is 8.77. The standard InChI is InChI=1S/C15H24N4O/c1-3-10-20-14-11-12(2)18-15(19-14)17-9-6-13-4-7-16-8-5-13/h4,11,16H,3,5-10H2,1-2H3,(H,17,18,19). The van der Waals surface area contributed by atoms with Gasteiger partial charge in [-0.15, -0.1) is 0 Å². The minimum absolute atomic E-state index is 0.655. The van der Waals surface area contributed by atoms with Crippen LogP contribution in [0.4, 0.5) is 5.95 Å². The van der Waals surface area contributed by atoms with Crippen molar-refractivity contribution in [1.82, 2.24) is 15.3 Å². The number of nitrogens with one attached hydrogen (secondary N) is 2. The van der Waals surface area contributed by atoms with Gasteiger partial charge in [-0.25, -0.2) is 4.98 Å². The van der Waals surface area contributed by atoms with Crippen molar-refractivity contribution in [2.45, 2.75) is 33.1 Å². The SMILES string of the molecule is CCCOc1cc(C)nc(NCCC2=CCNCC2)n1. The Morgan fingerprint density at radius 1 is 1.40 bits per heavy atom. The molecule has 0 fully saturated rings. The largest absolute Gasteiger partial charge is 0.478 e. The molecular weight excluding hydrogens is 252 g/mol. The number of aromatic nitrogens is 2. The number of hydrogen-bond donors (Lipinski definition) is 2. The van der Waals surface area contributed by atoms with E-state index in [0.717, 1.165) is 44.6 Å². The molecule has 110 valence electrons. The molecule has 0 amide bonds. The van der Waals surface area contributed by atoms with E-state index in [1.54, 1.807) is 0 Å². The first-order chi connectivity index (χ1) is 9.78. The predicted octanol–water partition coefficient (Wildman–Crippen LogP) is 2.30. The summed E-state index contributed by atoms with van der Waals surface area (Å²) in [7, 11) is 0. The third-order valence-corrected chi connectivity index (χ3v) is 3.17. The highest BCUT2D eigenvalue weighted by atomic mass is 16.5. The molecule has 1 aromatic rings. The first-order valence-electron chi connectivity index (χ1n) is 7.39. The number of hydrogen-bond acceptors (Lipinski definition) is 5. The molecule has 1 aliphatic rings. The Bertz CT molecular complexity index is 459. The van der Waals surface area contributed by atoms with E-state index in [9.17, 15) is 0 Å². The molecular formula is C15H24N4O. The van der Waals surface area contributed by atoms with Gasteiger partial charge in [-0.05, 0) is 32.7 Å². The topological polar surface area (TPSA) is 59.1 Å². The van der Waals surface area contributed by atoms with Crippen LogP contribution in [0.3, 0.4) is 0 Å². The molecule has 0 aliphatic carbocycles. The number of rotatable bonds is 7. The van der Waals surface area contributed by atoms with Crippen LogP contribution in [0.15, 0.2) is 17.7 Å². The van der Waals surface area contributed by atoms with Gasteiger partial charge in [-0.2, -0.15) is 4.98 Å². The summed E-state index contributed by atoms with van der Waals surface area (Å²) < 4.78 is 5.56. The van der Waals surface area contributed by atoms with Crippen molar-refractivity contribution in [3.8, 4) is 5.88 Å². The van der Waals surface area contributed by atoms with Crippen LogP contribution in [-0.4, -0.2) is 36.2 Å². The fourth-order valence-corrected chi connectivity index (χ4v) is 2.13. The van der Waals surface area contributed by atoms with E-state index in [1.807, 2.05) is 13.0 Å². The molecule has 0 bridgehead atoms. The molecule has 1 aromatic heterocycles. The normalized spacial score (nSPS) is 14.8. The molecule has 0 saturated heterocycles. The average molecular weight is 276 g/mol. The van der Waals surface area contributed by atoms with Crippen LogP contribution in [0.25, 0.3) is 0 Å². The van der Waals surface area contributed by atoms with E-state index >= 15 is 0 Å². The molecule has 2 heterocycles. The fraction of sp³-hybridized carbons (Fsp3) is 0.600. The first kappa shape index (κ1) is 14.8. The molecule has 5 nitrogen and oxygen atoms in total. The summed E-state index contributed by atoms with van der Waals surface area (Å²) >= 11 is 0. The second kappa shape index (κ2) is 7.85.